The van der Waals surface area contributed by atoms with E-state index in [1.165, 1.54) is 51.7 Å². The van der Waals surface area contributed by atoms with E-state index in [0.29, 0.717) is 22.2 Å². The summed E-state index contributed by atoms with van der Waals surface area (Å²) in [6, 6.07) is 12.1. The maximum Gasteiger partial charge on any atom is 0.295 e. The quantitative estimate of drug-likeness (QED) is 0.664. The Bertz CT molecular complexity index is 1270. The molecule has 2 aromatic carbocycles. The number of alkyl halides is 2. The predicted molar refractivity (Wildman–Crippen MR) is 107 cm³/mol. The Balaban J connectivity index is 1.46. The van der Waals surface area contributed by atoms with Crippen molar-refractivity contribution in [3.05, 3.63) is 59.4 Å². The van der Waals surface area contributed by atoms with Gasteiger partial charge in [0.1, 0.15) is 0 Å². The first kappa shape index (κ1) is 20.9. The normalized spacial score (nSPS) is 15.4. The highest BCUT2D eigenvalue weighted by Gasteiger charge is 2.30. The van der Waals surface area contributed by atoms with Crippen LogP contribution in [0.2, 0.25) is 0 Å². The van der Waals surface area contributed by atoms with E-state index >= 15 is 0 Å². The minimum Gasteiger partial charge on any atom is -0.337 e. The lowest BCUT2D eigenvalue weighted by Gasteiger charge is -2.34. The second kappa shape index (κ2) is 8.05. The average Bonchev–Trinajstić information content (AvgIpc) is 3.22. The van der Waals surface area contributed by atoms with Crippen molar-refractivity contribution < 1.29 is 22.0 Å². The molecule has 160 valence electrons. The maximum atomic E-state index is 12.8. The fourth-order valence-corrected chi connectivity index (χ4v) is 4.85. The summed E-state index contributed by atoms with van der Waals surface area (Å²) in [6.07, 6.45) is -2.74. The molecular weight excluding hydrogens is 428 g/mol. The van der Waals surface area contributed by atoms with E-state index in [-0.39, 0.29) is 37.0 Å². The number of H-pyrrole nitrogens is 1. The fraction of sp³-hybridized carbons (Fsp3) is 0.250. The molecule has 0 spiro atoms. The number of benzene rings is 2. The molecule has 8 nitrogen and oxygen atoms in total. The number of hydrogen-bond acceptors (Lipinski definition) is 5. The summed E-state index contributed by atoms with van der Waals surface area (Å²) >= 11 is 0. The van der Waals surface area contributed by atoms with Gasteiger partial charge in [-0.05, 0) is 42.5 Å². The van der Waals surface area contributed by atoms with Crippen molar-refractivity contribution in [3.8, 4) is 6.07 Å². The summed E-state index contributed by atoms with van der Waals surface area (Å²) in [7, 11) is -3.73. The lowest BCUT2D eigenvalue weighted by Crippen LogP contribution is -2.50. The molecule has 1 fully saturated rings. The standard InChI is InChI=1S/C20H17F2N5O3S/c21-18(22)19-24-16-6-3-14(11-17(16)25-19)20(28)26-7-9-27(10-8-26)31(29,30)15-4-1-13(12-23)2-5-15/h1-6,11,18H,7-10H2,(H,24,25). The number of nitrogens with one attached hydrogen (secondary N) is 1. The van der Waals surface area contributed by atoms with Crippen LogP contribution < -0.4 is 0 Å². The molecule has 4 rings (SSSR count). The maximum absolute atomic E-state index is 12.8. The van der Waals surface area contributed by atoms with Crippen molar-refractivity contribution in [1.82, 2.24) is 19.2 Å². The third-order valence-electron chi connectivity index (χ3n) is 5.10. The molecule has 1 aromatic heterocycles. The van der Waals surface area contributed by atoms with Crippen molar-refractivity contribution in [2.75, 3.05) is 26.2 Å². The highest BCUT2D eigenvalue weighted by Crippen LogP contribution is 2.22. The number of amides is 1. The van der Waals surface area contributed by atoms with Gasteiger partial charge in [0.05, 0.1) is 27.6 Å². The van der Waals surface area contributed by atoms with Gasteiger partial charge in [-0.2, -0.15) is 9.57 Å². The SMILES string of the molecule is N#Cc1ccc(S(=O)(=O)N2CCN(C(=O)c3ccc4nc(C(F)F)[nH]c4c3)CC2)cc1. The molecule has 0 aliphatic carbocycles. The van der Waals surface area contributed by atoms with Crippen LogP contribution in [0, 0.1) is 11.3 Å². The molecule has 3 aromatic rings. The minimum absolute atomic E-state index is 0.0887. The van der Waals surface area contributed by atoms with Crippen molar-refractivity contribution in [2.24, 2.45) is 0 Å². The molecule has 0 saturated carbocycles. The van der Waals surface area contributed by atoms with E-state index < -0.39 is 22.3 Å². The average molecular weight is 445 g/mol. The Morgan fingerprint density at radius 1 is 1.10 bits per heavy atom. The number of carbonyl (C=O) groups excluding carboxylic acids is 1. The monoisotopic (exact) mass is 445 g/mol. The van der Waals surface area contributed by atoms with Gasteiger partial charge in [0.15, 0.2) is 5.82 Å². The largest absolute Gasteiger partial charge is 0.337 e. The molecule has 11 heteroatoms. The van der Waals surface area contributed by atoms with E-state index in [1.54, 1.807) is 0 Å². The number of aromatic amines is 1. The zero-order chi connectivity index (χ0) is 22.2. The lowest BCUT2D eigenvalue weighted by atomic mass is 10.1. The Kier molecular flexibility index (Phi) is 5.43. The number of sulfonamides is 1. The summed E-state index contributed by atoms with van der Waals surface area (Å²) in [5, 5.41) is 8.85. The molecular formula is C20H17F2N5O3S. The van der Waals surface area contributed by atoms with Gasteiger partial charge in [0.25, 0.3) is 12.3 Å². The third kappa shape index (κ3) is 3.99. The van der Waals surface area contributed by atoms with Gasteiger partial charge in [-0.25, -0.2) is 22.2 Å². The third-order valence-corrected chi connectivity index (χ3v) is 7.01. The number of rotatable bonds is 4. The Hall–Kier alpha value is -3.36. The van der Waals surface area contributed by atoms with Gasteiger partial charge in [0.2, 0.25) is 10.0 Å². The first-order valence-corrected chi connectivity index (χ1v) is 10.8. The molecule has 0 bridgehead atoms. The van der Waals surface area contributed by atoms with E-state index in [9.17, 15) is 22.0 Å². The zero-order valence-electron chi connectivity index (χ0n) is 16.1. The number of nitrogens with zero attached hydrogens (tertiary/aromatic N) is 4. The molecule has 0 atom stereocenters. The van der Waals surface area contributed by atoms with Crippen LogP contribution in [-0.2, 0) is 10.0 Å². The Labute approximate surface area is 176 Å². The van der Waals surface area contributed by atoms with Crippen LogP contribution in [0.5, 0.6) is 0 Å². The van der Waals surface area contributed by atoms with Gasteiger partial charge in [-0.15, -0.1) is 0 Å². The van der Waals surface area contributed by atoms with Crippen LogP contribution in [0.25, 0.3) is 11.0 Å². The summed E-state index contributed by atoms with van der Waals surface area (Å²) in [5.74, 6) is -0.772. The molecule has 2 heterocycles. The van der Waals surface area contributed by atoms with Crippen molar-refractivity contribution in [3.63, 3.8) is 0 Å². The van der Waals surface area contributed by atoms with E-state index in [0.717, 1.165) is 0 Å². The van der Waals surface area contributed by atoms with Crippen LogP contribution in [0.3, 0.4) is 0 Å². The molecule has 1 amide bonds. The number of fused-ring (bicyclic) bond motifs is 1. The van der Waals surface area contributed by atoms with Crippen LogP contribution in [-0.4, -0.2) is 59.7 Å². The van der Waals surface area contributed by atoms with Crippen LogP contribution >= 0.6 is 0 Å². The van der Waals surface area contributed by atoms with Gasteiger partial charge in [0, 0.05) is 31.7 Å². The van der Waals surface area contributed by atoms with Crippen molar-refractivity contribution >= 4 is 27.0 Å². The molecule has 1 aliphatic rings. The lowest BCUT2D eigenvalue weighted by molar-refractivity contribution is 0.0698. The predicted octanol–water partition coefficient (Wildman–Crippen LogP) is 2.52. The topological polar surface area (TPSA) is 110 Å². The van der Waals surface area contributed by atoms with Crippen molar-refractivity contribution in [2.45, 2.75) is 11.3 Å². The van der Waals surface area contributed by atoms with Crippen molar-refractivity contribution in [1.29, 1.82) is 5.26 Å². The molecule has 1 saturated heterocycles. The van der Waals surface area contributed by atoms with Gasteiger partial charge < -0.3 is 9.88 Å². The summed E-state index contributed by atoms with van der Waals surface area (Å²) in [4.78, 5) is 20.7. The second-order valence-corrected chi connectivity index (χ2v) is 8.93. The number of halogens is 2. The highest BCUT2D eigenvalue weighted by molar-refractivity contribution is 7.89. The number of carbonyl (C=O) groups is 1. The number of hydrogen-bond donors (Lipinski definition) is 1. The van der Waals surface area contributed by atoms with E-state index in [4.69, 9.17) is 5.26 Å². The Morgan fingerprint density at radius 3 is 2.39 bits per heavy atom. The summed E-state index contributed by atoms with van der Waals surface area (Å²) < 4.78 is 52.5. The zero-order valence-corrected chi connectivity index (χ0v) is 16.9. The number of piperazine rings is 1. The van der Waals surface area contributed by atoms with Crippen LogP contribution in [0.4, 0.5) is 8.78 Å². The van der Waals surface area contributed by atoms with Crippen LogP contribution in [0.15, 0.2) is 47.4 Å². The fourth-order valence-electron chi connectivity index (χ4n) is 3.43. The first-order chi connectivity index (χ1) is 14.8. The molecule has 0 unspecified atom stereocenters. The summed E-state index contributed by atoms with van der Waals surface area (Å²) in [6.45, 7) is 0.626. The smallest absolute Gasteiger partial charge is 0.295 e. The number of nitriles is 1. The van der Waals surface area contributed by atoms with Crippen LogP contribution in [0.1, 0.15) is 28.2 Å². The van der Waals surface area contributed by atoms with Gasteiger partial charge >= 0.3 is 0 Å². The summed E-state index contributed by atoms with van der Waals surface area (Å²) in [5.41, 5.74) is 1.35. The molecule has 1 aliphatic heterocycles. The first-order valence-electron chi connectivity index (χ1n) is 9.37. The number of imidazole rings is 1. The van der Waals surface area contributed by atoms with Gasteiger partial charge in [-0.3, -0.25) is 4.79 Å². The van der Waals surface area contributed by atoms with Gasteiger partial charge in [-0.1, -0.05) is 0 Å². The molecule has 0 radical (unpaired) electrons. The van der Waals surface area contributed by atoms with E-state index in [2.05, 4.69) is 9.97 Å². The molecule has 31 heavy (non-hydrogen) atoms. The second-order valence-electron chi connectivity index (χ2n) is 6.99. The minimum atomic E-state index is -3.73. The Morgan fingerprint density at radius 2 is 1.77 bits per heavy atom. The highest BCUT2D eigenvalue weighted by atomic mass is 32.2. The van der Waals surface area contributed by atoms with E-state index in [1.807, 2.05) is 6.07 Å². The molecule has 1 N–H and O–H groups in total. The number of aromatic nitrogens is 2.